The Morgan fingerprint density at radius 1 is 0.605 bits per heavy atom. The normalized spacial score (nSPS) is 10.7. The van der Waals surface area contributed by atoms with Gasteiger partial charge in [0.2, 0.25) is 0 Å². The van der Waals surface area contributed by atoms with Gasteiger partial charge in [0.1, 0.15) is 24.7 Å². The number of nitrogens with one attached hydrogen (secondary N) is 2. The van der Waals surface area contributed by atoms with E-state index >= 15 is 0 Å². The van der Waals surface area contributed by atoms with Crippen molar-refractivity contribution >= 4 is 35.3 Å². The summed E-state index contributed by atoms with van der Waals surface area (Å²) in [6.45, 7) is 0.816. The number of ether oxygens (including phenoxy) is 4. The number of carbonyl (C=O) groups is 2. The van der Waals surface area contributed by atoms with Crippen LogP contribution in [-0.2, 0) is 18.9 Å². The Kier molecular flexibility index (Phi) is 11.3. The van der Waals surface area contributed by atoms with E-state index in [0.717, 1.165) is 32.0 Å². The zero-order chi connectivity index (χ0) is 30.6. The molecule has 0 aromatic heterocycles. The van der Waals surface area contributed by atoms with Crippen LogP contribution in [0.15, 0.2) is 94.7 Å². The molecule has 0 aliphatic rings. The van der Waals surface area contributed by atoms with Crippen molar-refractivity contribution in [2.75, 3.05) is 51.3 Å². The number of aromatic hydroxyl groups is 2. The van der Waals surface area contributed by atoms with Crippen molar-refractivity contribution in [3.8, 4) is 33.8 Å². The van der Waals surface area contributed by atoms with E-state index in [4.69, 9.17) is 18.9 Å². The van der Waals surface area contributed by atoms with Crippen LogP contribution in [-0.4, -0.2) is 63.0 Å². The SMILES string of the molecule is COCCOC(=O)Nc1ccc(Sc2ccc(NC(=O)OCCOC)cc2-c2ccc(O)cc2)c(-c2ccc(O)cc2)c1. The van der Waals surface area contributed by atoms with Gasteiger partial charge >= 0.3 is 12.2 Å². The second kappa shape index (κ2) is 15.5. The zero-order valence-electron chi connectivity index (χ0n) is 23.7. The number of hydrogen-bond donors (Lipinski definition) is 4. The number of rotatable bonds is 12. The maximum absolute atomic E-state index is 12.3. The Morgan fingerprint density at radius 2 is 1.00 bits per heavy atom. The summed E-state index contributed by atoms with van der Waals surface area (Å²) in [5.74, 6) is 0.264. The fourth-order valence-electron chi connectivity index (χ4n) is 3.99. The molecule has 0 saturated carbocycles. The summed E-state index contributed by atoms with van der Waals surface area (Å²) in [4.78, 5) is 26.3. The van der Waals surface area contributed by atoms with E-state index in [1.54, 1.807) is 60.7 Å². The summed E-state index contributed by atoms with van der Waals surface area (Å²) < 4.78 is 20.1. The molecule has 4 aromatic rings. The Bertz CT molecular complexity index is 1410. The predicted molar refractivity (Wildman–Crippen MR) is 165 cm³/mol. The number of phenols is 2. The van der Waals surface area contributed by atoms with Gasteiger partial charge in [0.05, 0.1) is 13.2 Å². The first-order valence-electron chi connectivity index (χ1n) is 13.3. The lowest BCUT2D eigenvalue weighted by molar-refractivity contribution is 0.107. The molecule has 0 fully saturated rings. The van der Waals surface area contributed by atoms with Crippen molar-refractivity contribution in [1.29, 1.82) is 0 Å². The van der Waals surface area contributed by atoms with Gasteiger partial charge < -0.3 is 29.2 Å². The highest BCUT2D eigenvalue weighted by molar-refractivity contribution is 7.99. The van der Waals surface area contributed by atoms with Crippen molar-refractivity contribution in [2.45, 2.75) is 9.79 Å². The molecule has 0 radical (unpaired) electrons. The van der Waals surface area contributed by atoms with Gasteiger partial charge in [-0.2, -0.15) is 0 Å². The van der Waals surface area contributed by atoms with E-state index in [2.05, 4.69) is 10.6 Å². The number of phenolic OH excluding ortho intramolecular Hbond substituents is 2. The van der Waals surface area contributed by atoms with E-state index in [-0.39, 0.29) is 37.9 Å². The Hall–Kier alpha value is -4.71. The van der Waals surface area contributed by atoms with Crippen molar-refractivity contribution in [3.05, 3.63) is 84.9 Å². The van der Waals surface area contributed by atoms with E-state index in [1.165, 1.54) is 26.0 Å². The van der Waals surface area contributed by atoms with Crippen LogP contribution in [0, 0.1) is 0 Å². The topological polar surface area (TPSA) is 136 Å². The highest BCUT2D eigenvalue weighted by atomic mass is 32.2. The molecule has 0 saturated heterocycles. The third kappa shape index (κ3) is 9.14. The van der Waals surface area contributed by atoms with E-state index < -0.39 is 12.2 Å². The maximum Gasteiger partial charge on any atom is 0.411 e. The second-order valence-electron chi connectivity index (χ2n) is 9.13. The molecule has 0 unspecified atom stereocenters. The molecule has 4 N–H and O–H groups in total. The molecular formula is C32H32N2O8S. The van der Waals surface area contributed by atoms with E-state index in [9.17, 15) is 19.8 Å². The number of carbonyl (C=O) groups excluding carboxylic acids is 2. The summed E-state index contributed by atoms with van der Waals surface area (Å²) in [7, 11) is 3.05. The molecule has 0 aliphatic carbocycles. The quantitative estimate of drug-likeness (QED) is 0.126. The van der Waals surface area contributed by atoms with Crippen molar-refractivity contribution in [1.82, 2.24) is 0 Å². The average molecular weight is 605 g/mol. The van der Waals surface area contributed by atoms with Crippen LogP contribution in [0.5, 0.6) is 11.5 Å². The highest BCUT2D eigenvalue weighted by Crippen LogP contribution is 2.43. The molecule has 2 amide bonds. The molecule has 0 spiro atoms. The first kappa shape index (κ1) is 31.2. The molecule has 4 aromatic carbocycles. The minimum Gasteiger partial charge on any atom is -0.508 e. The molecule has 224 valence electrons. The van der Waals surface area contributed by atoms with Gasteiger partial charge in [0.15, 0.2) is 0 Å². The fraction of sp³-hybridized carbons (Fsp3) is 0.188. The van der Waals surface area contributed by atoms with Gasteiger partial charge in [0.25, 0.3) is 0 Å². The van der Waals surface area contributed by atoms with Crippen LogP contribution < -0.4 is 10.6 Å². The number of anilines is 2. The molecular weight excluding hydrogens is 572 g/mol. The second-order valence-corrected chi connectivity index (χ2v) is 10.2. The van der Waals surface area contributed by atoms with Gasteiger partial charge in [-0.15, -0.1) is 0 Å². The van der Waals surface area contributed by atoms with Crippen LogP contribution in [0.25, 0.3) is 22.3 Å². The smallest absolute Gasteiger partial charge is 0.411 e. The Labute approximate surface area is 253 Å². The summed E-state index contributed by atoms with van der Waals surface area (Å²) in [5.41, 5.74) is 4.31. The molecule has 11 heteroatoms. The molecule has 0 aliphatic heterocycles. The summed E-state index contributed by atoms with van der Waals surface area (Å²) in [6, 6.07) is 24.5. The van der Waals surface area contributed by atoms with Gasteiger partial charge in [-0.25, -0.2) is 9.59 Å². The fourth-order valence-corrected chi connectivity index (χ4v) is 5.07. The van der Waals surface area contributed by atoms with Crippen LogP contribution in [0.1, 0.15) is 0 Å². The Morgan fingerprint density at radius 3 is 1.37 bits per heavy atom. The van der Waals surface area contributed by atoms with Crippen LogP contribution in [0.3, 0.4) is 0 Å². The van der Waals surface area contributed by atoms with Crippen molar-refractivity contribution in [2.24, 2.45) is 0 Å². The third-order valence-electron chi connectivity index (χ3n) is 6.07. The number of amides is 2. The van der Waals surface area contributed by atoms with Gasteiger partial charge in [-0.1, -0.05) is 36.0 Å². The standard InChI is InChI=1S/C32H32N2O8S/c1-39-15-17-41-31(37)33-23-7-13-29(27(19-23)21-3-9-25(35)10-4-21)43-30-14-8-24(34-32(38)42-18-16-40-2)20-28(30)22-5-11-26(36)12-6-22/h3-14,19-20,35-36H,15-18H2,1-2H3,(H,33,37)(H,34,38). The summed E-state index contributed by atoms with van der Waals surface area (Å²) in [6.07, 6.45) is -1.21. The minimum atomic E-state index is -0.604. The maximum atomic E-state index is 12.3. The molecule has 43 heavy (non-hydrogen) atoms. The summed E-state index contributed by atoms with van der Waals surface area (Å²) >= 11 is 1.48. The first-order chi connectivity index (χ1) is 20.9. The van der Waals surface area contributed by atoms with Crippen molar-refractivity contribution in [3.63, 3.8) is 0 Å². The average Bonchev–Trinajstić information content (AvgIpc) is 3.00. The predicted octanol–water partition coefficient (Wildman–Crippen LogP) is 6.97. The molecule has 0 bridgehead atoms. The third-order valence-corrected chi connectivity index (χ3v) is 7.22. The lowest BCUT2D eigenvalue weighted by Crippen LogP contribution is -2.16. The molecule has 0 atom stereocenters. The van der Waals surface area contributed by atoms with E-state index in [1.807, 2.05) is 24.3 Å². The molecule has 0 heterocycles. The first-order valence-corrected chi connectivity index (χ1v) is 14.1. The number of hydrogen-bond acceptors (Lipinski definition) is 9. The number of benzene rings is 4. The van der Waals surface area contributed by atoms with E-state index in [0.29, 0.717) is 11.4 Å². The highest BCUT2D eigenvalue weighted by Gasteiger charge is 2.15. The van der Waals surface area contributed by atoms with Crippen LogP contribution in [0.4, 0.5) is 21.0 Å². The lowest BCUT2D eigenvalue weighted by atomic mass is 10.0. The minimum absolute atomic E-state index is 0.122. The summed E-state index contributed by atoms with van der Waals surface area (Å²) in [5, 5.41) is 25.2. The zero-order valence-corrected chi connectivity index (χ0v) is 24.5. The van der Waals surface area contributed by atoms with Gasteiger partial charge in [-0.05, 0) is 82.9 Å². The monoisotopic (exact) mass is 604 g/mol. The van der Waals surface area contributed by atoms with Crippen LogP contribution in [0.2, 0.25) is 0 Å². The van der Waals surface area contributed by atoms with Gasteiger partial charge in [0, 0.05) is 35.4 Å². The number of methoxy groups -OCH3 is 2. The lowest BCUT2D eigenvalue weighted by Gasteiger charge is -2.16. The largest absolute Gasteiger partial charge is 0.508 e. The van der Waals surface area contributed by atoms with Crippen molar-refractivity contribution < 1.29 is 38.7 Å². The van der Waals surface area contributed by atoms with Crippen LogP contribution >= 0.6 is 11.8 Å². The molecule has 4 rings (SSSR count). The molecule has 10 nitrogen and oxygen atoms in total. The van der Waals surface area contributed by atoms with Gasteiger partial charge in [-0.3, -0.25) is 10.6 Å². The Balaban J connectivity index is 1.68.